The molecule has 0 bridgehead atoms. The molecule has 1 N–H and O–H groups in total. The Bertz CT molecular complexity index is 1020. The monoisotopic (exact) mass is 392 g/mol. The van der Waals surface area contributed by atoms with Gasteiger partial charge >= 0.3 is 0 Å². The first-order valence-corrected chi connectivity index (χ1v) is 9.92. The number of carbonyl (C=O) groups excluding carboxylic acids is 2. The van der Waals surface area contributed by atoms with Gasteiger partial charge in [0.05, 0.1) is 22.0 Å². The van der Waals surface area contributed by atoms with Crippen molar-refractivity contribution in [2.75, 3.05) is 15.4 Å². The molecule has 6 nitrogen and oxygen atoms in total. The molecule has 0 saturated carbocycles. The standard InChI is InChI=1S/C18H17ClN2O4S/c1-11-3-6-16(12(2)9-11)20-18(23)14-5-4-13(10-15(14)19)21-17(22)7-8-26(21,24)25/h3-6,9-10H,7-8H2,1-2H3,(H,20,23). The number of nitrogens with zero attached hydrogens (tertiary/aromatic N) is 1. The lowest BCUT2D eigenvalue weighted by Gasteiger charge is -2.16. The topological polar surface area (TPSA) is 83.6 Å². The van der Waals surface area contributed by atoms with E-state index in [-0.39, 0.29) is 28.4 Å². The predicted molar refractivity (Wildman–Crippen MR) is 101 cm³/mol. The van der Waals surface area contributed by atoms with Crippen LogP contribution in [0.4, 0.5) is 11.4 Å². The Morgan fingerprint density at radius 1 is 1.15 bits per heavy atom. The molecule has 2 amide bonds. The molecule has 26 heavy (non-hydrogen) atoms. The van der Waals surface area contributed by atoms with Gasteiger partial charge in [0.1, 0.15) is 0 Å². The first-order chi connectivity index (χ1) is 12.2. The van der Waals surface area contributed by atoms with Gasteiger partial charge in [0.2, 0.25) is 15.9 Å². The van der Waals surface area contributed by atoms with E-state index >= 15 is 0 Å². The summed E-state index contributed by atoms with van der Waals surface area (Å²) in [5.74, 6) is -1.14. The zero-order valence-corrected chi connectivity index (χ0v) is 15.8. The van der Waals surface area contributed by atoms with Crippen LogP contribution >= 0.6 is 11.6 Å². The summed E-state index contributed by atoms with van der Waals surface area (Å²) in [6.45, 7) is 3.85. The Kier molecular flexibility index (Phi) is 4.77. The third-order valence-corrected chi connectivity index (χ3v) is 6.14. The van der Waals surface area contributed by atoms with Gasteiger partial charge in [-0.05, 0) is 43.7 Å². The highest BCUT2D eigenvalue weighted by Gasteiger charge is 2.36. The molecule has 0 radical (unpaired) electrons. The zero-order chi connectivity index (χ0) is 19.1. The van der Waals surface area contributed by atoms with Crippen molar-refractivity contribution in [1.29, 1.82) is 0 Å². The van der Waals surface area contributed by atoms with Crippen LogP contribution in [0.15, 0.2) is 36.4 Å². The van der Waals surface area contributed by atoms with Crippen LogP contribution in [0.2, 0.25) is 5.02 Å². The third-order valence-electron chi connectivity index (χ3n) is 4.14. The van der Waals surface area contributed by atoms with Gasteiger partial charge in [-0.15, -0.1) is 0 Å². The number of anilines is 2. The number of halogens is 1. The molecule has 3 rings (SSSR count). The van der Waals surface area contributed by atoms with Gasteiger partial charge in [-0.3, -0.25) is 9.59 Å². The van der Waals surface area contributed by atoms with Crippen molar-refractivity contribution in [3.8, 4) is 0 Å². The molecule has 0 spiro atoms. The molecular formula is C18H17ClN2O4S. The van der Waals surface area contributed by atoms with Crippen molar-refractivity contribution in [3.63, 3.8) is 0 Å². The molecule has 0 atom stereocenters. The molecule has 1 saturated heterocycles. The Morgan fingerprint density at radius 2 is 1.88 bits per heavy atom. The first kappa shape index (κ1) is 18.4. The molecule has 0 unspecified atom stereocenters. The second-order valence-electron chi connectivity index (χ2n) is 6.16. The summed E-state index contributed by atoms with van der Waals surface area (Å²) in [6, 6.07) is 9.78. The van der Waals surface area contributed by atoms with Crippen molar-refractivity contribution < 1.29 is 18.0 Å². The van der Waals surface area contributed by atoms with E-state index in [4.69, 9.17) is 11.6 Å². The summed E-state index contributed by atoms with van der Waals surface area (Å²) in [5.41, 5.74) is 3.00. The van der Waals surface area contributed by atoms with E-state index in [0.29, 0.717) is 5.69 Å². The molecule has 2 aromatic carbocycles. The van der Waals surface area contributed by atoms with Crippen LogP contribution in [0.25, 0.3) is 0 Å². The lowest BCUT2D eigenvalue weighted by molar-refractivity contribution is -0.116. The minimum Gasteiger partial charge on any atom is -0.322 e. The number of rotatable bonds is 3. The highest BCUT2D eigenvalue weighted by atomic mass is 35.5. The summed E-state index contributed by atoms with van der Waals surface area (Å²) in [4.78, 5) is 24.4. The van der Waals surface area contributed by atoms with Gasteiger partial charge in [-0.25, -0.2) is 12.7 Å². The van der Waals surface area contributed by atoms with E-state index < -0.39 is 21.8 Å². The van der Waals surface area contributed by atoms with E-state index in [1.54, 1.807) is 6.07 Å². The predicted octanol–water partition coefficient (Wildman–Crippen LogP) is 3.28. The van der Waals surface area contributed by atoms with Crippen LogP contribution < -0.4 is 9.62 Å². The molecule has 0 aromatic heterocycles. The largest absolute Gasteiger partial charge is 0.322 e. The van der Waals surface area contributed by atoms with Crippen molar-refractivity contribution in [3.05, 3.63) is 58.1 Å². The van der Waals surface area contributed by atoms with Crippen molar-refractivity contribution in [1.82, 2.24) is 0 Å². The molecule has 1 aliphatic rings. The second-order valence-corrected chi connectivity index (χ2v) is 8.51. The molecule has 0 aliphatic carbocycles. The summed E-state index contributed by atoms with van der Waals surface area (Å²) < 4.78 is 24.7. The highest BCUT2D eigenvalue weighted by Crippen LogP contribution is 2.30. The molecule has 1 fully saturated rings. The molecule has 1 heterocycles. The van der Waals surface area contributed by atoms with Gasteiger partial charge in [-0.1, -0.05) is 29.3 Å². The van der Waals surface area contributed by atoms with Crippen LogP contribution in [0, 0.1) is 13.8 Å². The Hall–Kier alpha value is -2.38. The zero-order valence-electron chi connectivity index (χ0n) is 14.2. The fourth-order valence-corrected chi connectivity index (χ4v) is 4.54. The van der Waals surface area contributed by atoms with Gasteiger partial charge < -0.3 is 5.32 Å². The number of amides is 2. The van der Waals surface area contributed by atoms with Crippen molar-refractivity contribution in [2.45, 2.75) is 20.3 Å². The lowest BCUT2D eigenvalue weighted by Crippen LogP contribution is -2.29. The maximum atomic E-state index is 12.5. The summed E-state index contributed by atoms with van der Waals surface area (Å²) in [5, 5.41) is 2.86. The maximum absolute atomic E-state index is 12.5. The van der Waals surface area contributed by atoms with E-state index in [0.717, 1.165) is 15.4 Å². The SMILES string of the molecule is Cc1ccc(NC(=O)c2ccc(N3C(=O)CCS3(=O)=O)cc2Cl)c(C)c1. The lowest BCUT2D eigenvalue weighted by atomic mass is 10.1. The Balaban J connectivity index is 1.88. The van der Waals surface area contributed by atoms with E-state index in [1.165, 1.54) is 18.2 Å². The Morgan fingerprint density at radius 3 is 2.46 bits per heavy atom. The summed E-state index contributed by atoms with van der Waals surface area (Å²) >= 11 is 6.18. The van der Waals surface area contributed by atoms with Crippen molar-refractivity contribution in [2.24, 2.45) is 0 Å². The number of hydrogen-bond donors (Lipinski definition) is 1. The quantitative estimate of drug-likeness (QED) is 0.868. The fraction of sp³-hybridized carbons (Fsp3) is 0.222. The smallest absolute Gasteiger partial charge is 0.257 e. The number of carbonyl (C=O) groups is 2. The summed E-state index contributed by atoms with van der Waals surface area (Å²) in [6.07, 6.45) is -0.0606. The third kappa shape index (κ3) is 3.45. The van der Waals surface area contributed by atoms with Crippen LogP contribution in [0.1, 0.15) is 27.9 Å². The molecule has 1 aliphatic heterocycles. The number of nitrogens with one attached hydrogen (secondary N) is 1. The fourth-order valence-electron chi connectivity index (χ4n) is 2.83. The first-order valence-electron chi connectivity index (χ1n) is 7.93. The summed E-state index contributed by atoms with van der Waals surface area (Å²) in [7, 11) is -3.67. The van der Waals surface area contributed by atoms with Crippen LogP contribution in [0.5, 0.6) is 0 Å². The average Bonchev–Trinajstić information content (AvgIpc) is 2.83. The van der Waals surface area contributed by atoms with Crippen LogP contribution in [-0.4, -0.2) is 26.0 Å². The Labute approximate surface area is 156 Å². The number of sulfonamides is 1. The molecular weight excluding hydrogens is 376 g/mol. The second kappa shape index (κ2) is 6.74. The number of hydrogen-bond acceptors (Lipinski definition) is 4. The van der Waals surface area contributed by atoms with Gasteiger partial charge in [-0.2, -0.15) is 0 Å². The van der Waals surface area contributed by atoms with Crippen LogP contribution in [0.3, 0.4) is 0 Å². The average molecular weight is 393 g/mol. The molecule has 136 valence electrons. The van der Waals surface area contributed by atoms with Crippen LogP contribution in [-0.2, 0) is 14.8 Å². The van der Waals surface area contributed by atoms with E-state index in [2.05, 4.69) is 5.32 Å². The van der Waals surface area contributed by atoms with Crippen molar-refractivity contribution >= 4 is 44.8 Å². The van der Waals surface area contributed by atoms with E-state index in [1.807, 2.05) is 26.0 Å². The van der Waals surface area contributed by atoms with Gasteiger partial charge in [0, 0.05) is 12.1 Å². The minimum absolute atomic E-state index is 0.0606. The molecule has 2 aromatic rings. The highest BCUT2D eigenvalue weighted by molar-refractivity contribution is 7.94. The van der Waals surface area contributed by atoms with Gasteiger partial charge in [0.25, 0.3) is 5.91 Å². The van der Waals surface area contributed by atoms with E-state index in [9.17, 15) is 18.0 Å². The maximum Gasteiger partial charge on any atom is 0.257 e. The number of benzene rings is 2. The van der Waals surface area contributed by atoms with Gasteiger partial charge in [0.15, 0.2) is 0 Å². The minimum atomic E-state index is -3.67. The molecule has 8 heteroatoms. The number of aryl methyl sites for hydroxylation is 2. The normalized spacial score (nSPS) is 16.0.